The maximum absolute atomic E-state index is 12.8. The zero-order chi connectivity index (χ0) is 29.4. The summed E-state index contributed by atoms with van der Waals surface area (Å²) in [6.45, 7) is 4.51. The topological polar surface area (TPSA) is 74.6 Å². The molecule has 4 heteroatoms. The van der Waals surface area contributed by atoms with Crippen LogP contribution in [0.4, 0.5) is 0 Å². The lowest BCUT2D eigenvalue weighted by molar-refractivity contribution is -0.177. The summed E-state index contributed by atoms with van der Waals surface area (Å²) >= 11 is 0. The number of carbonyl (C=O) groups is 2. The van der Waals surface area contributed by atoms with E-state index in [9.17, 15) is 19.8 Å². The second kappa shape index (κ2) is 23.3. The lowest BCUT2D eigenvalue weighted by Gasteiger charge is -2.47. The standard InChI is InChI=1S/C36H66O4/c1-3-5-7-9-11-13-15-17-19-21-23-25-29-35(33(37)38)31-27-28-32-36(35,34(39)40)30-26-24-22-20-18-16-14-12-10-8-6-4-2/h27-28H,3-26,29-32H2,1-2H3,(H,37,38)(H,39,40). The SMILES string of the molecule is CCCCCCCCCCCCCCC1(C(=O)O)CC=CCC1(CCCCCCCCCCCCCC)C(=O)O. The molecular weight excluding hydrogens is 496 g/mol. The molecule has 2 unspecified atom stereocenters. The van der Waals surface area contributed by atoms with Crippen molar-refractivity contribution < 1.29 is 19.8 Å². The maximum atomic E-state index is 12.8. The Labute approximate surface area is 248 Å². The number of hydrogen-bond donors (Lipinski definition) is 2. The van der Waals surface area contributed by atoms with Gasteiger partial charge in [-0.05, 0) is 25.7 Å². The van der Waals surface area contributed by atoms with Crippen LogP contribution in [0.15, 0.2) is 12.2 Å². The number of hydrogen-bond acceptors (Lipinski definition) is 2. The summed E-state index contributed by atoms with van der Waals surface area (Å²) in [5.41, 5.74) is -2.35. The van der Waals surface area contributed by atoms with Gasteiger partial charge in [-0.15, -0.1) is 0 Å². The highest BCUT2D eigenvalue weighted by molar-refractivity contribution is 5.87. The van der Waals surface area contributed by atoms with Gasteiger partial charge in [0.05, 0.1) is 10.8 Å². The Hall–Kier alpha value is -1.32. The van der Waals surface area contributed by atoms with Crippen LogP contribution in [0.5, 0.6) is 0 Å². The molecule has 0 saturated heterocycles. The van der Waals surface area contributed by atoms with Crippen molar-refractivity contribution in [2.45, 2.75) is 194 Å². The van der Waals surface area contributed by atoms with Crippen LogP contribution < -0.4 is 0 Å². The highest BCUT2D eigenvalue weighted by atomic mass is 16.4. The fraction of sp³-hybridized carbons (Fsp3) is 0.889. The van der Waals surface area contributed by atoms with Crippen LogP contribution in [-0.2, 0) is 9.59 Å². The van der Waals surface area contributed by atoms with Gasteiger partial charge in [0.25, 0.3) is 0 Å². The van der Waals surface area contributed by atoms with Gasteiger partial charge in [-0.25, -0.2) is 0 Å². The van der Waals surface area contributed by atoms with E-state index in [4.69, 9.17) is 0 Å². The summed E-state index contributed by atoms with van der Waals surface area (Å²) in [7, 11) is 0. The number of rotatable bonds is 28. The average molecular weight is 563 g/mol. The van der Waals surface area contributed by atoms with Gasteiger partial charge in [0.15, 0.2) is 0 Å². The van der Waals surface area contributed by atoms with Crippen LogP contribution >= 0.6 is 0 Å². The minimum atomic E-state index is -1.18. The number of allylic oxidation sites excluding steroid dienone is 2. The molecule has 0 aromatic heterocycles. The molecule has 4 nitrogen and oxygen atoms in total. The molecule has 2 atom stereocenters. The third kappa shape index (κ3) is 13.6. The van der Waals surface area contributed by atoms with E-state index in [-0.39, 0.29) is 0 Å². The minimum Gasteiger partial charge on any atom is -0.481 e. The predicted molar refractivity (Wildman–Crippen MR) is 170 cm³/mol. The van der Waals surface area contributed by atoms with Gasteiger partial charge in [-0.3, -0.25) is 9.59 Å². The van der Waals surface area contributed by atoms with Crippen molar-refractivity contribution in [3.63, 3.8) is 0 Å². The molecule has 1 aliphatic rings. The first kappa shape index (κ1) is 36.7. The normalized spacial score (nSPS) is 20.6. The molecule has 0 bridgehead atoms. The number of carboxylic acids is 2. The smallest absolute Gasteiger partial charge is 0.311 e. The molecule has 0 spiro atoms. The Morgan fingerprint density at radius 2 is 0.675 bits per heavy atom. The number of aliphatic carboxylic acids is 2. The molecule has 1 rings (SSSR count). The van der Waals surface area contributed by atoms with Crippen molar-refractivity contribution in [1.82, 2.24) is 0 Å². The van der Waals surface area contributed by atoms with Crippen LogP contribution in [0, 0.1) is 10.8 Å². The quantitative estimate of drug-likeness (QED) is 0.0734. The first-order valence-corrected chi connectivity index (χ1v) is 17.6. The summed E-state index contributed by atoms with van der Waals surface area (Å²) in [6.07, 6.45) is 35.1. The van der Waals surface area contributed by atoms with Gasteiger partial charge in [0.1, 0.15) is 0 Å². The molecule has 0 aromatic carbocycles. The number of unbranched alkanes of at least 4 members (excludes halogenated alkanes) is 22. The van der Waals surface area contributed by atoms with Crippen molar-refractivity contribution in [1.29, 1.82) is 0 Å². The first-order chi connectivity index (χ1) is 19.5. The molecule has 2 N–H and O–H groups in total. The van der Waals surface area contributed by atoms with E-state index in [0.29, 0.717) is 25.7 Å². The van der Waals surface area contributed by atoms with Crippen molar-refractivity contribution in [2.75, 3.05) is 0 Å². The maximum Gasteiger partial charge on any atom is 0.311 e. The molecular formula is C36H66O4. The Bertz CT molecular complexity index is 616. The zero-order valence-corrected chi connectivity index (χ0v) is 26.7. The van der Waals surface area contributed by atoms with Crippen LogP contribution in [0.3, 0.4) is 0 Å². The Balaban J connectivity index is 2.42. The fourth-order valence-electron chi connectivity index (χ4n) is 6.98. The van der Waals surface area contributed by atoms with E-state index in [1.807, 2.05) is 12.2 Å². The lowest BCUT2D eigenvalue weighted by Crippen LogP contribution is -2.53. The van der Waals surface area contributed by atoms with E-state index in [2.05, 4.69) is 13.8 Å². The molecule has 0 heterocycles. The molecule has 0 amide bonds. The highest BCUT2D eigenvalue weighted by Gasteiger charge is 2.60. The van der Waals surface area contributed by atoms with Crippen LogP contribution in [0.25, 0.3) is 0 Å². The lowest BCUT2D eigenvalue weighted by atomic mass is 9.54. The summed E-state index contributed by atoms with van der Waals surface area (Å²) in [5, 5.41) is 20.9. The first-order valence-electron chi connectivity index (χ1n) is 17.6. The molecule has 0 aliphatic heterocycles. The van der Waals surface area contributed by atoms with Gasteiger partial charge in [0, 0.05) is 0 Å². The molecule has 234 valence electrons. The van der Waals surface area contributed by atoms with Crippen molar-refractivity contribution >= 4 is 11.9 Å². The molecule has 1 aliphatic carbocycles. The van der Waals surface area contributed by atoms with E-state index in [1.54, 1.807) is 0 Å². The molecule has 0 aromatic rings. The van der Waals surface area contributed by atoms with Crippen LogP contribution in [-0.4, -0.2) is 22.2 Å². The summed E-state index contributed by atoms with van der Waals surface area (Å²) in [5.74, 6) is -1.80. The highest BCUT2D eigenvalue weighted by Crippen LogP contribution is 2.55. The van der Waals surface area contributed by atoms with Crippen LogP contribution in [0.1, 0.15) is 194 Å². The van der Waals surface area contributed by atoms with Crippen molar-refractivity contribution in [3.8, 4) is 0 Å². The van der Waals surface area contributed by atoms with Gasteiger partial charge in [-0.1, -0.05) is 180 Å². The van der Waals surface area contributed by atoms with Gasteiger partial charge >= 0.3 is 11.9 Å². The van der Waals surface area contributed by atoms with E-state index in [1.165, 1.54) is 116 Å². The third-order valence-electron chi connectivity index (χ3n) is 9.75. The minimum absolute atomic E-state index is 0.352. The Morgan fingerprint density at radius 3 is 0.900 bits per heavy atom. The Morgan fingerprint density at radius 1 is 0.450 bits per heavy atom. The second-order valence-electron chi connectivity index (χ2n) is 12.9. The zero-order valence-electron chi connectivity index (χ0n) is 26.7. The van der Waals surface area contributed by atoms with Gasteiger partial charge < -0.3 is 10.2 Å². The summed E-state index contributed by atoms with van der Waals surface area (Å²) < 4.78 is 0. The second-order valence-corrected chi connectivity index (χ2v) is 12.9. The van der Waals surface area contributed by atoms with E-state index >= 15 is 0 Å². The summed E-state index contributed by atoms with van der Waals surface area (Å²) in [4.78, 5) is 25.5. The molecule has 0 saturated carbocycles. The third-order valence-corrected chi connectivity index (χ3v) is 9.75. The van der Waals surface area contributed by atoms with Crippen molar-refractivity contribution in [3.05, 3.63) is 12.2 Å². The fourth-order valence-corrected chi connectivity index (χ4v) is 6.98. The predicted octanol–water partition coefficient (Wildman–Crippen LogP) is 11.7. The molecule has 0 fully saturated rings. The van der Waals surface area contributed by atoms with E-state index < -0.39 is 22.8 Å². The largest absolute Gasteiger partial charge is 0.481 e. The molecule has 0 radical (unpaired) electrons. The monoisotopic (exact) mass is 562 g/mol. The average Bonchev–Trinajstić information content (AvgIpc) is 2.94. The van der Waals surface area contributed by atoms with Crippen molar-refractivity contribution in [2.24, 2.45) is 10.8 Å². The van der Waals surface area contributed by atoms with Gasteiger partial charge in [-0.2, -0.15) is 0 Å². The van der Waals surface area contributed by atoms with Crippen LogP contribution in [0.2, 0.25) is 0 Å². The Kier molecular flexibility index (Phi) is 21.3. The van der Waals surface area contributed by atoms with E-state index in [0.717, 1.165) is 38.5 Å². The van der Waals surface area contributed by atoms with Gasteiger partial charge in [0.2, 0.25) is 0 Å². The summed E-state index contributed by atoms with van der Waals surface area (Å²) in [6, 6.07) is 0. The molecule has 40 heavy (non-hydrogen) atoms. The number of carboxylic acid groups (broad SMARTS) is 2.